The number of halogens is 1. The molecule has 39 heavy (non-hydrogen) atoms. The third kappa shape index (κ3) is 5.73. The predicted molar refractivity (Wildman–Crippen MR) is 145 cm³/mol. The number of benzene rings is 3. The quantitative estimate of drug-likeness (QED) is 0.316. The SMILES string of the molecule is COc1cc(OC)cc(C(=O)NCc2nnc(SCC(=O)N3CCc4ccccc43)n2-c2ccc(F)cc2)c1. The number of anilines is 1. The highest BCUT2D eigenvalue weighted by Crippen LogP contribution is 2.29. The summed E-state index contributed by atoms with van der Waals surface area (Å²) in [6.07, 6.45) is 0.821. The molecule has 0 atom stereocenters. The van der Waals surface area contributed by atoms with Crippen LogP contribution in [0.1, 0.15) is 21.7 Å². The van der Waals surface area contributed by atoms with Gasteiger partial charge in [0.2, 0.25) is 5.91 Å². The molecule has 1 aromatic heterocycles. The van der Waals surface area contributed by atoms with E-state index in [1.54, 1.807) is 39.8 Å². The highest BCUT2D eigenvalue weighted by atomic mass is 32.2. The van der Waals surface area contributed by atoms with Crippen LogP contribution in [-0.2, 0) is 17.8 Å². The number of methoxy groups -OCH3 is 2. The number of fused-ring (bicyclic) bond motifs is 1. The second-order valence-corrected chi connectivity index (χ2v) is 9.65. The molecule has 3 aromatic carbocycles. The summed E-state index contributed by atoms with van der Waals surface area (Å²) in [6.45, 7) is 0.673. The van der Waals surface area contributed by atoms with Crippen molar-refractivity contribution >= 4 is 29.3 Å². The summed E-state index contributed by atoms with van der Waals surface area (Å²) < 4.78 is 25.9. The van der Waals surface area contributed by atoms with Gasteiger partial charge in [-0.25, -0.2) is 4.39 Å². The van der Waals surface area contributed by atoms with Crippen molar-refractivity contribution < 1.29 is 23.5 Å². The van der Waals surface area contributed by atoms with E-state index in [2.05, 4.69) is 15.5 Å². The van der Waals surface area contributed by atoms with Crippen LogP contribution >= 0.6 is 11.8 Å². The Labute approximate surface area is 228 Å². The molecule has 2 amide bonds. The first-order valence-electron chi connectivity index (χ1n) is 12.2. The number of nitrogens with zero attached hydrogens (tertiary/aromatic N) is 4. The number of thioether (sulfide) groups is 1. The van der Waals surface area contributed by atoms with Crippen LogP contribution in [0.2, 0.25) is 0 Å². The smallest absolute Gasteiger partial charge is 0.251 e. The average Bonchev–Trinajstić information content (AvgIpc) is 3.59. The second-order valence-electron chi connectivity index (χ2n) is 8.71. The summed E-state index contributed by atoms with van der Waals surface area (Å²) in [7, 11) is 3.02. The van der Waals surface area contributed by atoms with Gasteiger partial charge in [0.15, 0.2) is 11.0 Å². The van der Waals surface area contributed by atoms with Crippen LogP contribution in [0.25, 0.3) is 5.69 Å². The zero-order chi connectivity index (χ0) is 27.4. The van der Waals surface area contributed by atoms with E-state index in [1.165, 1.54) is 38.1 Å². The van der Waals surface area contributed by atoms with Crippen LogP contribution in [0.5, 0.6) is 11.5 Å². The Bertz CT molecular complexity index is 1490. The molecule has 0 unspecified atom stereocenters. The van der Waals surface area contributed by atoms with Gasteiger partial charge in [0.25, 0.3) is 5.91 Å². The molecule has 4 aromatic rings. The van der Waals surface area contributed by atoms with Crippen molar-refractivity contribution in [3.05, 3.63) is 89.5 Å². The molecule has 2 heterocycles. The molecule has 0 saturated carbocycles. The molecule has 0 aliphatic carbocycles. The van der Waals surface area contributed by atoms with Crippen molar-refractivity contribution in [3.8, 4) is 17.2 Å². The van der Waals surface area contributed by atoms with Crippen molar-refractivity contribution in [1.82, 2.24) is 20.1 Å². The molecule has 11 heteroatoms. The van der Waals surface area contributed by atoms with Crippen LogP contribution in [0.4, 0.5) is 10.1 Å². The first-order chi connectivity index (χ1) is 19.0. The van der Waals surface area contributed by atoms with Gasteiger partial charge in [0, 0.05) is 29.5 Å². The fourth-order valence-corrected chi connectivity index (χ4v) is 5.21. The molecule has 0 radical (unpaired) electrons. The first kappa shape index (κ1) is 26.2. The molecular weight excluding hydrogens is 521 g/mol. The summed E-state index contributed by atoms with van der Waals surface area (Å²) in [5, 5.41) is 11.8. The third-order valence-electron chi connectivity index (χ3n) is 6.32. The summed E-state index contributed by atoms with van der Waals surface area (Å²) in [5.41, 5.74) is 3.04. The molecule has 200 valence electrons. The van der Waals surface area contributed by atoms with E-state index >= 15 is 0 Å². The van der Waals surface area contributed by atoms with Gasteiger partial charge in [-0.15, -0.1) is 10.2 Å². The monoisotopic (exact) mass is 547 g/mol. The first-order valence-corrected chi connectivity index (χ1v) is 13.2. The fraction of sp³-hybridized carbons (Fsp3) is 0.214. The van der Waals surface area contributed by atoms with Gasteiger partial charge in [-0.2, -0.15) is 0 Å². The Morgan fingerprint density at radius 2 is 1.72 bits per heavy atom. The molecule has 1 aliphatic rings. The Morgan fingerprint density at radius 1 is 1.00 bits per heavy atom. The molecule has 5 rings (SSSR count). The van der Waals surface area contributed by atoms with Crippen LogP contribution in [0.15, 0.2) is 71.9 Å². The minimum atomic E-state index is -0.384. The Morgan fingerprint density at radius 3 is 2.44 bits per heavy atom. The molecular formula is C28H26FN5O4S. The standard InChI is InChI=1S/C28H26FN5O4S/c1-37-22-13-19(14-23(15-22)38-2)27(36)30-16-25-31-32-28(34(25)21-9-7-20(29)8-10-21)39-17-26(35)33-12-11-18-5-3-4-6-24(18)33/h3-10,13-15H,11-12,16-17H2,1-2H3,(H,30,36). The number of carbonyl (C=O) groups excluding carboxylic acids is 2. The normalized spacial score (nSPS) is 12.2. The number of hydrogen-bond acceptors (Lipinski definition) is 7. The topological polar surface area (TPSA) is 98.6 Å². The van der Waals surface area contributed by atoms with Crippen molar-refractivity contribution in [2.75, 3.05) is 31.4 Å². The Hall–Kier alpha value is -4.38. The highest BCUT2D eigenvalue weighted by Gasteiger charge is 2.25. The third-order valence-corrected chi connectivity index (χ3v) is 7.23. The molecule has 1 aliphatic heterocycles. The number of carbonyl (C=O) groups is 2. The van der Waals surface area contributed by atoms with E-state index in [-0.39, 0.29) is 29.9 Å². The van der Waals surface area contributed by atoms with Gasteiger partial charge < -0.3 is 19.7 Å². The van der Waals surface area contributed by atoms with Crippen molar-refractivity contribution in [2.24, 2.45) is 0 Å². The summed E-state index contributed by atoms with van der Waals surface area (Å²) >= 11 is 1.24. The number of hydrogen-bond donors (Lipinski definition) is 1. The van der Waals surface area contributed by atoms with E-state index in [9.17, 15) is 14.0 Å². The highest BCUT2D eigenvalue weighted by molar-refractivity contribution is 7.99. The number of rotatable bonds is 9. The van der Waals surface area contributed by atoms with Crippen LogP contribution in [0.3, 0.4) is 0 Å². The van der Waals surface area contributed by atoms with Gasteiger partial charge in [0.05, 0.1) is 26.5 Å². The molecule has 0 spiro atoms. The zero-order valence-corrected chi connectivity index (χ0v) is 22.2. The molecule has 0 fully saturated rings. The van der Waals surface area contributed by atoms with Crippen LogP contribution in [0, 0.1) is 5.82 Å². The van der Waals surface area contributed by atoms with Gasteiger partial charge in [-0.3, -0.25) is 14.2 Å². The van der Waals surface area contributed by atoms with Crippen molar-refractivity contribution in [2.45, 2.75) is 18.1 Å². The minimum Gasteiger partial charge on any atom is -0.497 e. The van der Waals surface area contributed by atoms with E-state index < -0.39 is 0 Å². The van der Waals surface area contributed by atoms with Gasteiger partial charge in [-0.1, -0.05) is 30.0 Å². The summed E-state index contributed by atoms with van der Waals surface area (Å²) in [6, 6.07) is 18.6. The lowest BCUT2D eigenvalue weighted by molar-refractivity contribution is -0.116. The Kier molecular flexibility index (Phi) is 7.78. The molecule has 9 nitrogen and oxygen atoms in total. The number of nitrogens with one attached hydrogen (secondary N) is 1. The fourth-order valence-electron chi connectivity index (χ4n) is 4.36. The van der Waals surface area contributed by atoms with Crippen LogP contribution < -0.4 is 19.7 Å². The molecule has 1 N–H and O–H groups in total. The van der Waals surface area contributed by atoms with Gasteiger partial charge in [0.1, 0.15) is 17.3 Å². The van der Waals surface area contributed by atoms with E-state index in [0.29, 0.717) is 40.3 Å². The lowest BCUT2D eigenvalue weighted by Gasteiger charge is -2.17. The van der Waals surface area contributed by atoms with Crippen molar-refractivity contribution in [3.63, 3.8) is 0 Å². The average molecular weight is 548 g/mol. The maximum atomic E-state index is 13.7. The van der Waals surface area contributed by atoms with E-state index in [4.69, 9.17) is 9.47 Å². The second kappa shape index (κ2) is 11.6. The number of amides is 2. The lowest BCUT2D eigenvalue weighted by atomic mass is 10.2. The van der Waals surface area contributed by atoms with Gasteiger partial charge >= 0.3 is 0 Å². The summed E-state index contributed by atoms with van der Waals surface area (Å²) in [5.74, 6) is 0.746. The number of aromatic nitrogens is 3. The van der Waals surface area contributed by atoms with E-state index in [0.717, 1.165) is 17.7 Å². The maximum Gasteiger partial charge on any atom is 0.251 e. The predicted octanol–water partition coefficient (Wildman–Crippen LogP) is 4.04. The van der Waals surface area contributed by atoms with Crippen molar-refractivity contribution in [1.29, 1.82) is 0 Å². The maximum absolute atomic E-state index is 13.7. The minimum absolute atomic E-state index is 0.0384. The lowest BCUT2D eigenvalue weighted by Crippen LogP contribution is -2.30. The summed E-state index contributed by atoms with van der Waals surface area (Å²) in [4.78, 5) is 27.8. The Balaban J connectivity index is 1.35. The van der Waals surface area contributed by atoms with Crippen LogP contribution in [-0.4, -0.2) is 53.1 Å². The van der Waals surface area contributed by atoms with E-state index in [1.807, 2.05) is 24.3 Å². The molecule has 0 saturated heterocycles. The zero-order valence-electron chi connectivity index (χ0n) is 21.4. The largest absolute Gasteiger partial charge is 0.497 e. The number of ether oxygens (including phenoxy) is 2. The number of para-hydroxylation sites is 1. The van der Waals surface area contributed by atoms with Gasteiger partial charge in [-0.05, 0) is 54.4 Å². The molecule has 0 bridgehead atoms.